The standard InChI is InChI=1S/C21H21F3N4OS/c22-21(23,24)16-13-7-3-1-2-4-8-14(13)28-20-15(16)17(25)18(30-20)19(29)27-11-12-6-5-9-26-10-12/h5-6,9-10H,1-4,7-8,11,25H2,(H,27,29). The second-order valence-corrected chi connectivity index (χ2v) is 8.39. The summed E-state index contributed by atoms with van der Waals surface area (Å²) in [6.07, 6.45) is 2.87. The number of nitrogen functional groups attached to an aromatic ring is 1. The van der Waals surface area contributed by atoms with Gasteiger partial charge in [-0.1, -0.05) is 18.9 Å². The number of aromatic nitrogens is 2. The van der Waals surface area contributed by atoms with Gasteiger partial charge in [-0.15, -0.1) is 11.3 Å². The first kappa shape index (κ1) is 20.6. The zero-order chi connectivity index (χ0) is 21.3. The number of halogens is 3. The van der Waals surface area contributed by atoms with Crippen LogP contribution in [0.3, 0.4) is 0 Å². The van der Waals surface area contributed by atoms with Crippen LogP contribution in [0.1, 0.15) is 57.7 Å². The van der Waals surface area contributed by atoms with E-state index in [-0.39, 0.29) is 32.9 Å². The van der Waals surface area contributed by atoms with Gasteiger partial charge in [-0.25, -0.2) is 4.98 Å². The molecule has 1 aliphatic carbocycles. The minimum absolute atomic E-state index is 0.0601. The van der Waals surface area contributed by atoms with Crippen LogP contribution in [0.25, 0.3) is 10.2 Å². The lowest BCUT2D eigenvalue weighted by Gasteiger charge is -2.20. The zero-order valence-corrected chi connectivity index (χ0v) is 17.0. The van der Waals surface area contributed by atoms with E-state index < -0.39 is 17.6 Å². The summed E-state index contributed by atoms with van der Waals surface area (Å²) in [5, 5.41) is 2.57. The van der Waals surface area contributed by atoms with Crippen molar-refractivity contribution in [3.05, 3.63) is 51.8 Å². The quantitative estimate of drug-likeness (QED) is 0.616. The molecular weight excluding hydrogens is 413 g/mol. The van der Waals surface area contributed by atoms with Crippen LogP contribution in [0.4, 0.5) is 18.9 Å². The van der Waals surface area contributed by atoms with E-state index in [9.17, 15) is 18.0 Å². The van der Waals surface area contributed by atoms with Gasteiger partial charge in [0.25, 0.3) is 5.91 Å². The van der Waals surface area contributed by atoms with Crippen LogP contribution in [0, 0.1) is 0 Å². The van der Waals surface area contributed by atoms with Gasteiger partial charge in [0.1, 0.15) is 9.71 Å². The number of nitrogens with two attached hydrogens (primary N) is 1. The van der Waals surface area contributed by atoms with Crippen LogP contribution >= 0.6 is 11.3 Å². The van der Waals surface area contributed by atoms with Crippen LogP contribution in [0.2, 0.25) is 0 Å². The molecule has 0 aliphatic heterocycles. The van der Waals surface area contributed by atoms with Crippen molar-refractivity contribution in [2.24, 2.45) is 0 Å². The lowest BCUT2D eigenvalue weighted by Crippen LogP contribution is -2.22. The maximum Gasteiger partial charge on any atom is 0.417 e. The Balaban J connectivity index is 1.78. The van der Waals surface area contributed by atoms with Crippen LogP contribution in [-0.4, -0.2) is 15.9 Å². The highest BCUT2D eigenvalue weighted by Crippen LogP contribution is 2.45. The van der Waals surface area contributed by atoms with Gasteiger partial charge in [0.05, 0.1) is 11.3 Å². The lowest BCUT2D eigenvalue weighted by molar-refractivity contribution is -0.137. The number of hydrogen-bond donors (Lipinski definition) is 2. The summed E-state index contributed by atoms with van der Waals surface area (Å²) in [4.78, 5) is 21.4. The second kappa shape index (κ2) is 8.22. The van der Waals surface area contributed by atoms with E-state index in [0.717, 1.165) is 36.2 Å². The molecule has 0 unspecified atom stereocenters. The van der Waals surface area contributed by atoms with Crippen LogP contribution in [0.15, 0.2) is 24.5 Å². The third-order valence-corrected chi connectivity index (χ3v) is 6.42. The Labute approximate surface area is 175 Å². The number of rotatable bonds is 3. The van der Waals surface area contributed by atoms with E-state index in [0.29, 0.717) is 25.0 Å². The number of amides is 1. The van der Waals surface area contributed by atoms with Crippen molar-refractivity contribution in [1.29, 1.82) is 0 Å². The Morgan fingerprint density at radius 3 is 2.67 bits per heavy atom. The molecule has 3 aromatic rings. The van der Waals surface area contributed by atoms with Gasteiger partial charge in [0.15, 0.2) is 0 Å². The van der Waals surface area contributed by atoms with Gasteiger partial charge in [0, 0.05) is 30.0 Å². The number of thiophene rings is 1. The van der Waals surface area contributed by atoms with Gasteiger partial charge in [-0.3, -0.25) is 9.78 Å². The number of nitrogens with one attached hydrogen (secondary N) is 1. The van der Waals surface area contributed by atoms with Crippen molar-refractivity contribution < 1.29 is 18.0 Å². The largest absolute Gasteiger partial charge is 0.417 e. The number of alkyl halides is 3. The molecule has 9 heteroatoms. The lowest BCUT2D eigenvalue weighted by atomic mass is 9.91. The monoisotopic (exact) mass is 434 g/mol. The molecule has 4 rings (SSSR count). The van der Waals surface area contributed by atoms with Crippen molar-refractivity contribution in [2.45, 2.75) is 51.2 Å². The average molecular weight is 434 g/mol. The first-order valence-electron chi connectivity index (χ1n) is 9.84. The van der Waals surface area contributed by atoms with Gasteiger partial charge in [-0.05, 0) is 42.9 Å². The molecule has 158 valence electrons. The molecule has 3 aromatic heterocycles. The molecule has 0 radical (unpaired) electrons. The fraction of sp³-hybridized carbons (Fsp3) is 0.381. The van der Waals surface area contributed by atoms with Gasteiger partial charge >= 0.3 is 6.18 Å². The molecule has 0 bridgehead atoms. The molecular formula is C21H21F3N4OS. The first-order chi connectivity index (χ1) is 14.4. The fourth-order valence-electron chi connectivity index (χ4n) is 3.91. The minimum Gasteiger partial charge on any atom is -0.397 e. The van der Waals surface area contributed by atoms with Crippen molar-refractivity contribution in [2.75, 3.05) is 5.73 Å². The summed E-state index contributed by atoms with van der Waals surface area (Å²) in [5.41, 5.74) is 6.74. The summed E-state index contributed by atoms with van der Waals surface area (Å²) in [7, 11) is 0. The van der Waals surface area contributed by atoms with E-state index in [2.05, 4.69) is 15.3 Å². The van der Waals surface area contributed by atoms with Crippen LogP contribution in [0.5, 0.6) is 0 Å². The predicted molar refractivity (Wildman–Crippen MR) is 110 cm³/mol. The SMILES string of the molecule is Nc1c(C(=O)NCc2cccnc2)sc2nc3c(c(C(F)(F)F)c12)CCCCCC3. The molecule has 1 aliphatic rings. The number of anilines is 1. The summed E-state index contributed by atoms with van der Waals surface area (Å²) in [6, 6.07) is 3.54. The molecule has 5 nitrogen and oxygen atoms in total. The molecule has 3 heterocycles. The number of nitrogens with zero attached hydrogens (tertiary/aromatic N) is 2. The molecule has 0 atom stereocenters. The number of aryl methyl sites for hydroxylation is 1. The highest BCUT2D eigenvalue weighted by atomic mass is 32.1. The predicted octanol–water partition coefficient (Wildman–Crippen LogP) is 4.88. The van der Waals surface area contributed by atoms with Gasteiger partial charge in [-0.2, -0.15) is 13.2 Å². The maximum atomic E-state index is 14.1. The Morgan fingerprint density at radius 2 is 1.97 bits per heavy atom. The summed E-state index contributed by atoms with van der Waals surface area (Å²) in [5.74, 6) is -0.514. The third kappa shape index (κ3) is 3.98. The van der Waals surface area contributed by atoms with E-state index >= 15 is 0 Å². The van der Waals surface area contributed by atoms with Gasteiger partial charge in [0.2, 0.25) is 0 Å². The molecule has 0 saturated heterocycles. The minimum atomic E-state index is -4.57. The van der Waals surface area contributed by atoms with Crippen LogP contribution in [-0.2, 0) is 25.6 Å². The van der Waals surface area contributed by atoms with Gasteiger partial charge < -0.3 is 11.1 Å². The summed E-state index contributed by atoms with van der Waals surface area (Å²) < 4.78 is 42.3. The second-order valence-electron chi connectivity index (χ2n) is 7.39. The molecule has 1 amide bonds. The Bertz CT molecular complexity index is 1080. The molecule has 0 fully saturated rings. The maximum absolute atomic E-state index is 14.1. The Hall–Kier alpha value is -2.68. The Kier molecular flexibility index (Phi) is 5.64. The van der Waals surface area contributed by atoms with Crippen molar-refractivity contribution in [3.8, 4) is 0 Å². The molecule has 3 N–H and O–H groups in total. The van der Waals surface area contributed by atoms with E-state index in [1.165, 1.54) is 0 Å². The number of carbonyl (C=O) groups excluding carboxylic acids is 1. The highest BCUT2D eigenvalue weighted by Gasteiger charge is 2.39. The number of carbonyl (C=O) groups is 1. The average Bonchev–Trinajstić information content (AvgIpc) is 3.02. The summed E-state index contributed by atoms with van der Waals surface area (Å²) in [6.45, 7) is 0.205. The molecule has 0 spiro atoms. The van der Waals surface area contributed by atoms with Crippen molar-refractivity contribution >= 4 is 33.1 Å². The molecule has 0 aromatic carbocycles. The smallest absolute Gasteiger partial charge is 0.397 e. The zero-order valence-electron chi connectivity index (χ0n) is 16.2. The number of pyridine rings is 2. The number of fused-ring (bicyclic) bond motifs is 2. The Morgan fingerprint density at radius 1 is 1.20 bits per heavy atom. The normalized spacial score (nSPS) is 14.8. The first-order valence-corrected chi connectivity index (χ1v) is 10.7. The highest BCUT2D eigenvalue weighted by molar-refractivity contribution is 7.21. The molecule has 0 saturated carbocycles. The topological polar surface area (TPSA) is 80.9 Å². The van der Waals surface area contributed by atoms with Crippen molar-refractivity contribution in [3.63, 3.8) is 0 Å². The third-order valence-electron chi connectivity index (χ3n) is 5.32. The van der Waals surface area contributed by atoms with E-state index in [1.54, 1.807) is 24.5 Å². The molecule has 30 heavy (non-hydrogen) atoms. The fourth-order valence-corrected chi connectivity index (χ4v) is 4.95. The summed E-state index contributed by atoms with van der Waals surface area (Å²) >= 11 is 0.918. The van der Waals surface area contributed by atoms with E-state index in [4.69, 9.17) is 5.73 Å². The number of hydrogen-bond acceptors (Lipinski definition) is 5. The van der Waals surface area contributed by atoms with E-state index in [1.807, 2.05) is 0 Å². The van der Waals surface area contributed by atoms with Crippen LogP contribution < -0.4 is 11.1 Å². The van der Waals surface area contributed by atoms with Crippen molar-refractivity contribution in [1.82, 2.24) is 15.3 Å².